The van der Waals surface area contributed by atoms with Crippen molar-refractivity contribution in [3.63, 3.8) is 0 Å². The second-order valence-corrected chi connectivity index (χ2v) is 11.7. The van der Waals surface area contributed by atoms with E-state index in [0.29, 0.717) is 37.6 Å². The van der Waals surface area contributed by atoms with Gasteiger partial charge in [0.05, 0.1) is 10.2 Å². The number of nitrogens with zero attached hydrogens (tertiary/aromatic N) is 1. The molecule has 200 valence electrons. The number of aryl methyl sites for hydroxylation is 2. The quantitative estimate of drug-likeness (QED) is 0.302. The van der Waals surface area contributed by atoms with Crippen LogP contribution in [0, 0.1) is 17.4 Å². The molecule has 5 rings (SSSR count). The molecular formula is C32H36INO4. The molecule has 0 spiro atoms. The first-order chi connectivity index (χ1) is 18.3. The molecular weight excluding hydrogens is 589 g/mol. The van der Waals surface area contributed by atoms with Crippen LogP contribution in [0.4, 0.5) is 0 Å². The largest absolute Gasteiger partial charge is 0.490 e. The second-order valence-electron chi connectivity index (χ2n) is 10.5. The molecule has 0 N–H and O–H groups in total. The van der Waals surface area contributed by atoms with Gasteiger partial charge in [0.1, 0.15) is 6.61 Å². The number of halogens is 1. The fraction of sp³-hybridized carbons (Fsp3) is 0.438. The first kappa shape index (κ1) is 27.0. The van der Waals surface area contributed by atoms with Crippen LogP contribution in [0.3, 0.4) is 0 Å². The SMILES string of the molecule is CCOc1cc(C2C3=C(CCCC3=O)N(CC)C3=C2C(=O)CCC3)cc(I)c1OCc1cc(C)cc(C)c1. The number of ether oxygens (including phenoxy) is 2. The minimum atomic E-state index is -0.343. The fourth-order valence-corrected chi connectivity index (χ4v) is 7.18. The van der Waals surface area contributed by atoms with Gasteiger partial charge >= 0.3 is 0 Å². The van der Waals surface area contributed by atoms with Gasteiger partial charge in [-0.25, -0.2) is 0 Å². The number of rotatable bonds is 7. The number of benzene rings is 2. The Morgan fingerprint density at radius 1 is 0.842 bits per heavy atom. The zero-order valence-corrected chi connectivity index (χ0v) is 24.9. The van der Waals surface area contributed by atoms with E-state index >= 15 is 0 Å². The summed E-state index contributed by atoms with van der Waals surface area (Å²) < 4.78 is 13.4. The summed E-state index contributed by atoms with van der Waals surface area (Å²) in [7, 11) is 0. The van der Waals surface area contributed by atoms with E-state index in [1.54, 1.807) is 0 Å². The molecule has 0 aromatic heterocycles. The Morgan fingerprint density at radius 3 is 2.00 bits per heavy atom. The van der Waals surface area contributed by atoms with Crippen LogP contribution >= 0.6 is 22.6 Å². The van der Waals surface area contributed by atoms with Crippen LogP contribution in [0.25, 0.3) is 0 Å². The van der Waals surface area contributed by atoms with Crippen LogP contribution < -0.4 is 9.47 Å². The number of hydrogen-bond acceptors (Lipinski definition) is 5. The minimum Gasteiger partial charge on any atom is -0.490 e. The summed E-state index contributed by atoms with van der Waals surface area (Å²) in [6.45, 7) is 9.97. The van der Waals surface area contributed by atoms with Crippen molar-refractivity contribution in [3.8, 4) is 11.5 Å². The lowest BCUT2D eigenvalue weighted by molar-refractivity contribution is -0.117. The number of carbonyl (C=O) groups excluding carboxylic acids is 2. The van der Waals surface area contributed by atoms with Gasteiger partial charge in [-0.1, -0.05) is 29.3 Å². The molecule has 0 saturated heterocycles. The summed E-state index contributed by atoms with van der Waals surface area (Å²) in [6, 6.07) is 10.5. The lowest BCUT2D eigenvalue weighted by atomic mass is 9.71. The Kier molecular flexibility index (Phi) is 7.98. The third-order valence-electron chi connectivity index (χ3n) is 7.73. The van der Waals surface area contributed by atoms with E-state index in [2.05, 4.69) is 72.5 Å². The predicted molar refractivity (Wildman–Crippen MR) is 157 cm³/mol. The highest BCUT2D eigenvalue weighted by atomic mass is 127. The lowest BCUT2D eigenvalue weighted by Crippen LogP contribution is -2.39. The molecule has 0 unspecified atom stereocenters. The van der Waals surface area contributed by atoms with Gasteiger partial charge in [0.2, 0.25) is 0 Å². The van der Waals surface area contributed by atoms with Crippen LogP contribution in [0.15, 0.2) is 52.9 Å². The first-order valence-electron chi connectivity index (χ1n) is 13.8. The van der Waals surface area contributed by atoms with Crippen LogP contribution in [0.2, 0.25) is 0 Å². The molecule has 0 radical (unpaired) electrons. The van der Waals surface area contributed by atoms with E-state index in [4.69, 9.17) is 9.47 Å². The monoisotopic (exact) mass is 625 g/mol. The van der Waals surface area contributed by atoms with Gasteiger partial charge in [-0.3, -0.25) is 9.59 Å². The number of Topliss-reactive ketones (excluding diaryl/α,β-unsaturated/α-hetero) is 2. The molecule has 1 aliphatic heterocycles. The number of allylic oxidation sites excluding steroid dienone is 4. The highest BCUT2D eigenvalue weighted by molar-refractivity contribution is 14.1. The topological polar surface area (TPSA) is 55.8 Å². The standard InChI is InChI=1S/C32H36INO4/c1-5-34-24-9-7-11-26(35)30(24)29(31-25(34)10-8-12-27(31)36)22-16-23(33)32(28(17-22)37-6-2)38-18-21-14-19(3)13-20(4)15-21/h13-17,29H,5-12,18H2,1-4H3. The number of ketones is 2. The highest BCUT2D eigenvalue weighted by Gasteiger charge is 2.43. The van der Waals surface area contributed by atoms with E-state index in [9.17, 15) is 9.59 Å². The minimum absolute atomic E-state index is 0.169. The highest BCUT2D eigenvalue weighted by Crippen LogP contribution is 2.50. The zero-order valence-electron chi connectivity index (χ0n) is 22.8. The van der Waals surface area contributed by atoms with Crippen LogP contribution in [-0.4, -0.2) is 29.6 Å². The maximum Gasteiger partial charge on any atom is 0.174 e. The van der Waals surface area contributed by atoms with Crippen molar-refractivity contribution in [1.29, 1.82) is 0 Å². The van der Waals surface area contributed by atoms with E-state index < -0.39 is 0 Å². The van der Waals surface area contributed by atoms with Crippen LogP contribution in [-0.2, 0) is 16.2 Å². The summed E-state index contributed by atoms with van der Waals surface area (Å²) in [5, 5.41) is 0. The second kappa shape index (κ2) is 11.2. The van der Waals surface area contributed by atoms with Gasteiger partial charge in [-0.2, -0.15) is 0 Å². The summed E-state index contributed by atoms with van der Waals surface area (Å²) in [4.78, 5) is 29.2. The predicted octanol–water partition coefficient (Wildman–Crippen LogP) is 7.32. The van der Waals surface area contributed by atoms with Crippen LogP contribution in [0.1, 0.15) is 80.5 Å². The number of hydrogen-bond donors (Lipinski definition) is 0. The Bertz CT molecular complexity index is 1290. The van der Waals surface area contributed by atoms with Crippen molar-refractivity contribution in [2.75, 3.05) is 13.2 Å². The molecule has 0 amide bonds. The molecule has 2 aliphatic carbocycles. The van der Waals surface area contributed by atoms with E-state index in [1.165, 1.54) is 11.1 Å². The molecule has 2 aromatic carbocycles. The summed E-state index contributed by atoms with van der Waals surface area (Å²) >= 11 is 2.30. The van der Waals surface area contributed by atoms with Crippen molar-refractivity contribution in [1.82, 2.24) is 4.90 Å². The van der Waals surface area contributed by atoms with Crippen LogP contribution in [0.5, 0.6) is 11.5 Å². The summed E-state index contributed by atoms with van der Waals surface area (Å²) in [5.74, 6) is 1.36. The van der Waals surface area contributed by atoms with E-state index in [0.717, 1.165) is 69.5 Å². The normalized spacial score (nSPS) is 18.1. The summed E-state index contributed by atoms with van der Waals surface area (Å²) in [5.41, 5.74) is 8.33. The zero-order chi connectivity index (χ0) is 27.0. The summed E-state index contributed by atoms with van der Waals surface area (Å²) in [6.07, 6.45) is 4.56. The molecule has 0 atom stereocenters. The average Bonchev–Trinajstić information content (AvgIpc) is 2.87. The molecule has 0 saturated carbocycles. The molecule has 2 aromatic rings. The lowest BCUT2D eigenvalue weighted by Gasteiger charge is -2.43. The van der Waals surface area contributed by atoms with Crippen molar-refractivity contribution in [3.05, 3.63) is 78.7 Å². The molecule has 0 bridgehead atoms. The average molecular weight is 626 g/mol. The Hall–Kier alpha value is -2.61. The smallest absolute Gasteiger partial charge is 0.174 e. The maximum atomic E-state index is 13.5. The molecule has 5 nitrogen and oxygen atoms in total. The van der Waals surface area contributed by atoms with Gasteiger partial charge in [0, 0.05) is 47.8 Å². The third kappa shape index (κ3) is 5.04. The van der Waals surface area contributed by atoms with Gasteiger partial charge in [-0.05, 0) is 99.2 Å². The molecule has 1 heterocycles. The van der Waals surface area contributed by atoms with Crippen molar-refractivity contribution >= 4 is 34.2 Å². The molecule has 6 heteroatoms. The van der Waals surface area contributed by atoms with E-state index in [-0.39, 0.29) is 17.5 Å². The number of carbonyl (C=O) groups is 2. The third-order valence-corrected chi connectivity index (χ3v) is 8.53. The molecule has 3 aliphatic rings. The Morgan fingerprint density at radius 2 is 1.45 bits per heavy atom. The molecule has 38 heavy (non-hydrogen) atoms. The van der Waals surface area contributed by atoms with Crippen molar-refractivity contribution in [2.24, 2.45) is 0 Å². The van der Waals surface area contributed by atoms with Gasteiger partial charge < -0.3 is 14.4 Å². The van der Waals surface area contributed by atoms with Gasteiger partial charge in [0.25, 0.3) is 0 Å². The molecule has 0 fully saturated rings. The first-order valence-corrected chi connectivity index (χ1v) is 14.9. The van der Waals surface area contributed by atoms with Gasteiger partial charge in [-0.15, -0.1) is 0 Å². The maximum absolute atomic E-state index is 13.5. The fourth-order valence-electron chi connectivity index (χ4n) is 6.40. The van der Waals surface area contributed by atoms with Crippen molar-refractivity contribution < 1.29 is 19.1 Å². The Labute approximate surface area is 239 Å². The Balaban J connectivity index is 1.60. The van der Waals surface area contributed by atoms with E-state index in [1.807, 2.05) is 13.0 Å². The van der Waals surface area contributed by atoms with Crippen molar-refractivity contribution in [2.45, 2.75) is 78.7 Å². The van der Waals surface area contributed by atoms with Gasteiger partial charge in [0.15, 0.2) is 23.1 Å².